The molecule has 21 heavy (non-hydrogen) atoms. The van der Waals surface area contributed by atoms with Crippen LogP contribution in [0.3, 0.4) is 0 Å². The van der Waals surface area contributed by atoms with Crippen LogP contribution < -0.4 is 5.32 Å². The molecule has 1 saturated heterocycles. The molecule has 0 radical (unpaired) electrons. The summed E-state index contributed by atoms with van der Waals surface area (Å²) in [6.45, 7) is 9.59. The lowest BCUT2D eigenvalue weighted by molar-refractivity contribution is -0.130. The van der Waals surface area contributed by atoms with Gasteiger partial charge < -0.3 is 4.90 Å². The van der Waals surface area contributed by atoms with E-state index >= 15 is 0 Å². The van der Waals surface area contributed by atoms with Crippen LogP contribution >= 0.6 is 0 Å². The third-order valence-electron chi connectivity index (χ3n) is 4.16. The van der Waals surface area contributed by atoms with Gasteiger partial charge in [0.25, 0.3) is 0 Å². The fraction of sp³-hybridized carbons (Fsp3) is 0.611. The van der Waals surface area contributed by atoms with E-state index in [1.54, 1.807) is 0 Å². The quantitative estimate of drug-likeness (QED) is 0.902. The van der Waals surface area contributed by atoms with Gasteiger partial charge in [-0.05, 0) is 37.2 Å². The van der Waals surface area contributed by atoms with E-state index < -0.39 is 0 Å². The van der Waals surface area contributed by atoms with Crippen LogP contribution in [0.15, 0.2) is 30.3 Å². The van der Waals surface area contributed by atoms with Crippen LogP contribution in [0.25, 0.3) is 0 Å². The second-order valence-electron chi connectivity index (χ2n) is 7.26. The molecule has 1 N–H and O–H groups in total. The second-order valence-corrected chi connectivity index (χ2v) is 7.26. The van der Waals surface area contributed by atoms with Gasteiger partial charge in [-0.1, -0.05) is 51.1 Å². The van der Waals surface area contributed by atoms with Gasteiger partial charge in [0.1, 0.15) is 0 Å². The molecular weight excluding hydrogens is 260 g/mol. The highest BCUT2D eigenvalue weighted by atomic mass is 16.2. The number of amides is 1. The third-order valence-corrected chi connectivity index (χ3v) is 4.16. The van der Waals surface area contributed by atoms with Gasteiger partial charge in [0.15, 0.2) is 0 Å². The number of aryl methyl sites for hydroxylation is 1. The van der Waals surface area contributed by atoms with Gasteiger partial charge in [0, 0.05) is 6.54 Å². The summed E-state index contributed by atoms with van der Waals surface area (Å²) < 4.78 is 0. The molecule has 1 heterocycles. The first kappa shape index (κ1) is 16.0. The van der Waals surface area contributed by atoms with Crippen molar-refractivity contribution in [3.8, 4) is 0 Å². The predicted octanol–water partition coefficient (Wildman–Crippen LogP) is 3.20. The normalized spacial score (nSPS) is 22.9. The van der Waals surface area contributed by atoms with Crippen molar-refractivity contribution in [2.45, 2.75) is 59.2 Å². The van der Waals surface area contributed by atoms with Gasteiger partial charge >= 0.3 is 0 Å². The van der Waals surface area contributed by atoms with Crippen molar-refractivity contribution in [1.82, 2.24) is 10.2 Å². The summed E-state index contributed by atoms with van der Waals surface area (Å²) in [5, 5.41) is 3.44. The number of carbonyl (C=O) groups excluding carboxylic acids is 1. The maximum Gasteiger partial charge on any atom is 0.241 e. The first-order valence-corrected chi connectivity index (χ1v) is 7.97. The van der Waals surface area contributed by atoms with Gasteiger partial charge in [-0.15, -0.1) is 0 Å². The molecule has 2 atom stereocenters. The maximum atomic E-state index is 12.5. The van der Waals surface area contributed by atoms with E-state index in [9.17, 15) is 4.79 Å². The number of nitrogens with one attached hydrogen (secondary N) is 1. The minimum absolute atomic E-state index is 0.0276. The Morgan fingerprint density at radius 2 is 1.86 bits per heavy atom. The summed E-state index contributed by atoms with van der Waals surface area (Å²) in [7, 11) is 0. The lowest BCUT2D eigenvalue weighted by atomic mass is 9.92. The standard InChI is InChI=1S/C18H28N2O/c1-14-19-16(11-10-15-8-6-5-7-9-15)17(21)20(14)13-12-18(2,3)4/h5-9,14,16,19H,10-13H2,1-4H3. The van der Waals surface area contributed by atoms with Crippen LogP contribution in [0, 0.1) is 5.41 Å². The van der Waals surface area contributed by atoms with E-state index in [4.69, 9.17) is 0 Å². The molecule has 3 heteroatoms. The fourth-order valence-electron chi connectivity index (χ4n) is 2.77. The Hall–Kier alpha value is -1.35. The molecule has 2 rings (SSSR count). The van der Waals surface area contributed by atoms with Crippen LogP contribution in [0.2, 0.25) is 0 Å². The molecule has 1 aliphatic heterocycles. The molecule has 1 aliphatic rings. The van der Waals surface area contributed by atoms with E-state index in [-0.39, 0.29) is 23.5 Å². The zero-order chi connectivity index (χ0) is 15.5. The number of benzene rings is 1. The van der Waals surface area contributed by atoms with Crippen LogP contribution in [-0.2, 0) is 11.2 Å². The van der Waals surface area contributed by atoms with Gasteiger partial charge in [0.2, 0.25) is 5.91 Å². The summed E-state index contributed by atoms with van der Waals surface area (Å²) >= 11 is 0. The van der Waals surface area contributed by atoms with E-state index in [0.29, 0.717) is 0 Å². The number of hydrogen-bond donors (Lipinski definition) is 1. The molecule has 0 aliphatic carbocycles. The second kappa shape index (κ2) is 6.61. The van der Waals surface area contributed by atoms with Crippen molar-refractivity contribution in [3.05, 3.63) is 35.9 Å². The zero-order valence-electron chi connectivity index (χ0n) is 13.7. The van der Waals surface area contributed by atoms with Gasteiger partial charge in [0.05, 0.1) is 12.2 Å². The Morgan fingerprint density at radius 1 is 1.19 bits per heavy atom. The smallest absolute Gasteiger partial charge is 0.241 e. The Labute approximate surface area is 128 Å². The number of nitrogens with zero attached hydrogens (tertiary/aromatic N) is 1. The molecule has 0 bridgehead atoms. The van der Waals surface area contributed by atoms with Gasteiger partial charge in [-0.3, -0.25) is 10.1 Å². The minimum Gasteiger partial charge on any atom is -0.326 e. The molecule has 116 valence electrons. The highest BCUT2D eigenvalue weighted by Crippen LogP contribution is 2.22. The van der Waals surface area contributed by atoms with Crippen molar-refractivity contribution in [2.75, 3.05) is 6.54 Å². The molecule has 0 aromatic heterocycles. The van der Waals surface area contributed by atoms with E-state index in [2.05, 4.69) is 57.3 Å². The van der Waals surface area contributed by atoms with Crippen molar-refractivity contribution in [3.63, 3.8) is 0 Å². The molecule has 2 unspecified atom stereocenters. The Kier molecular flexibility index (Phi) is 5.04. The topological polar surface area (TPSA) is 32.3 Å². The predicted molar refractivity (Wildman–Crippen MR) is 86.9 cm³/mol. The first-order valence-electron chi connectivity index (χ1n) is 7.97. The average molecular weight is 288 g/mol. The van der Waals surface area contributed by atoms with Crippen molar-refractivity contribution >= 4 is 5.91 Å². The monoisotopic (exact) mass is 288 g/mol. The molecule has 0 saturated carbocycles. The summed E-state index contributed by atoms with van der Waals surface area (Å²) in [5.74, 6) is 0.266. The lowest BCUT2D eigenvalue weighted by Crippen LogP contribution is -2.36. The van der Waals surface area contributed by atoms with Crippen LogP contribution in [-0.4, -0.2) is 29.6 Å². The van der Waals surface area contributed by atoms with E-state index in [0.717, 1.165) is 25.8 Å². The summed E-state index contributed by atoms with van der Waals surface area (Å²) in [6.07, 6.45) is 3.01. The van der Waals surface area contributed by atoms with Crippen LogP contribution in [0.1, 0.15) is 46.1 Å². The van der Waals surface area contributed by atoms with Crippen LogP contribution in [0.5, 0.6) is 0 Å². The van der Waals surface area contributed by atoms with Crippen molar-refractivity contribution < 1.29 is 4.79 Å². The molecule has 1 amide bonds. The highest BCUT2D eigenvalue weighted by molar-refractivity contribution is 5.84. The Bertz CT molecular complexity index is 464. The first-order chi connectivity index (χ1) is 9.87. The number of hydrogen-bond acceptors (Lipinski definition) is 2. The molecule has 0 spiro atoms. The Balaban J connectivity index is 1.87. The Morgan fingerprint density at radius 3 is 2.48 bits per heavy atom. The van der Waals surface area contributed by atoms with E-state index in [1.165, 1.54) is 5.56 Å². The summed E-state index contributed by atoms with van der Waals surface area (Å²) in [5.41, 5.74) is 1.56. The largest absolute Gasteiger partial charge is 0.326 e. The molecular formula is C18H28N2O. The maximum absolute atomic E-state index is 12.5. The zero-order valence-corrected chi connectivity index (χ0v) is 13.7. The molecule has 1 fully saturated rings. The summed E-state index contributed by atoms with van der Waals surface area (Å²) in [6, 6.07) is 10.4. The molecule has 1 aromatic rings. The van der Waals surface area contributed by atoms with E-state index in [1.807, 2.05) is 11.0 Å². The number of carbonyl (C=O) groups is 1. The van der Waals surface area contributed by atoms with Gasteiger partial charge in [-0.2, -0.15) is 0 Å². The highest BCUT2D eigenvalue weighted by Gasteiger charge is 2.36. The van der Waals surface area contributed by atoms with Crippen molar-refractivity contribution in [1.29, 1.82) is 0 Å². The minimum atomic E-state index is -0.0276. The fourth-order valence-corrected chi connectivity index (χ4v) is 2.77. The average Bonchev–Trinajstić information content (AvgIpc) is 2.69. The SMILES string of the molecule is CC1NC(CCc2ccccc2)C(=O)N1CCC(C)(C)C. The van der Waals surface area contributed by atoms with Gasteiger partial charge in [-0.25, -0.2) is 0 Å². The molecule has 1 aromatic carbocycles. The number of rotatable bonds is 5. The third kappa shape index (κ3) is 4.57. The van der Waals surface area contributed by atoms with Crippen LogP contribution in [0.4, 0.5) is 0 Å². The summed E-state index contributed by atoms with van der Waals surface area (Å²) in [4.78, 5) is 14.5. The van der Waals surface area contributed by atoms with Crippen molar-refractivity contribution in [2.24, 2.45) is 5.41 Å². The molecule has 3 nitrogen and oxygen atoms in total. The lowest BCUT2D eigenvalue weighted by Gasteiger charge is -2.26.